The Morgan fingerprint density at radius 3 is 2.71 bits per heavy atom. The van der Waals surface area contributed by atoms with Gasteiger partial charge in [0.25, 0.3) is 0 Å². The third kappa shape index (κ3) is 4.19. The van der Waals surface area contributed by atoms with Crippen LogP contribution < -0.4 is 5.32 Å². The highest BCUT2D eigenvalue weighted by Gasteiger charge is 2.00. The fourth-order valence-corrected chi connectivity index (χ4v) is 1.24. The molecule has 2 N–H and O–H groups in total. The van der Waals surface area contributed by atoms with E-state index in [1.54, 1.807) is 12.4 Å². The molecule has 1 aromatic rings. The summed E-state index contributed by atoms with van der Waals surface area (Å²) < 4.78 is 1.02. The molecule has 0 amide bonds. The second-order valence-corrected chi connectivity index (χ2v) is 4.25. The minimum Gasteiger partial charge on any atom is -0.393 e. The second kappa shape index (κ2) is 6.13. The van der Waals surface area contributed by atoms with E-state index < -0.39 is 0 Å². The van der Waals surface area contributed by atoms with Crippen molar-refractivity contribution in [2.45, 2.75) is 25.9 Å². The number of hydrogen-bond donors (Lipinski definition) is 2. The van der Waals surface area contributed by atoms with E-state index >= 15 is 0 Å². The van der Waals surface area contributed by atoms with Gasteiger partial charge >= 0.3 is 0 Å². The molecule has 1 rings (SSSR count). The number of aromatic nitrogens is 2. The van der Waals surface area contributed by atoms with Crippen LogP contribution in [0.2, 0.25) is 0 Å². The van der Waals surface area contributed by atoms with E-state index in [9.17, 15) is 5.11 Å². The Bertz CT molecular complexity index is 265. The summed E-state index contributed by atoms with van der Waals surface area (Å²) in [7, 11) is 0. The summed E-state index contributed by atoms with van der Waals surface area (Å²) in [6.07, 6.45) is 4.80. The number of nitrogens with one attached hydrogen (secondary N) is 1. The molecule has 0 saturated heterocycles. The molecule has 0 bridgehead atoms. The van der Waals surface area contributed by atoms with Crippen molar-refractivity contribution in [1.29, 1.82) is 0 Å². The van der Waals surface area contributed by atoms with Crippen molar-refractivity contribution in [3.8, 4) is 0 Å². The molecular formula is C9H14IN3O. The molecule has 78 valence electrons. The van der Waals surface area contributed by atoms with Crippen LogP contribution >= 0.6 is 22.6 Å². The van der Waals surface area contributed by atoms with Crippen LogP contribution in [-0.4, -0.2) is 27.7 Å². The molecule has 1 unspecified atom stereocenters. The third-order valence-electron chi connectivity index (χ3n) is 1.85. The highest BCUT2D eigenvalue weighted by Crippen LogP contribution is 2.03. The number of nitrogens with zero attached hydrogens (tertiary/aromatic N) is 2. The normalized spacial score (nSPS) is 12.5. The Hall–Kier alpha value is -0.430. The molecule has 0 saturated carbocycles. The molecule has 1 heterocycles. The Balaban J connectivity index is 2.28. The van der Waals surface area contributed by atoms with Crippen molar-refractivity contribution in [1.82, 2.24) is 9.97 Å². The number of halogens is 1. The van der Waals surface area contributed by atoms with Gasteiger partial charge < -0.3 is 10.4 Å². The zero-order valence-corrected chi connectivity index (χ0v) is 10.2. The van der Waals surface area contributed by atoms with Crippen molar-refractivity contribution in [3.63, 3.8) is 0 Å². The lowest BCUT2D eigenvalue weighted by atomic mass is 10.2. The van der Waals surface area contributed by atoms with Crippen LogP contribution in [0.3, 0.4) is 0 Å². The number of aliphatic hydroxyl groups is 1. The van der Waals surface area contributed by atoms with E-state index in [2.05, 4.69) is 37.9 Å². The standard InChI is InChI=1S/C9H14IN3O/c1-2-8(14)3-4-11-9-12-5-7(10)6-13-9/h5-6,8,14H,2-4H2,1H3,(H,11,12,13). The van der Waals surface area contributed by atoms with E-state index in [4.69, 9.17) is 0 Å². The monoisotopic (exact) mass is 307 g/mol. The summed E-state index contributed by atoms with van der Waals surface area (Å²) >= 11 is 2.16. The number of anilines is 1. The number of hydrogen-bond acceptors (Lipinski definition) is 4. The van der Waals surface area contributed by atoms with Crippen molar-refractivity contribution in [2.75, 3.05) is 11.9 Å². The van der Waals surface area contributed by atoms with Gasteiger partial charge in [0.05, 0.1) is 6.10 Å². The summed E-state index contributed by atoms with van der Waals surface area (Å²) in [4.78, 5) is 8.18. The lowest BCUT2D eigenvalue weighted by Gasteiger charge is -2.08. The van der Waals surface area contributed by atoms with Gasteiger partial charge in [-0.2, -0.15) is 0 Å². The van der Waals surface area contributed by atoms with E-state index in [0.717, 1.165) is 16.4 Å². The van der Waals surface area contributed by atoms with Gasteiger partial charge in [-0.05, 0) is 35.4 Å². The molecule has 5 heteroatoms. The molecule has 0 fully saturated rings. The average Bonchev–Trinajstić information content (AvgIpc) is 2.21. The summed E-state index contributed by atoms with van der Waals surface area (Å²) in [6, 6.07) is 0. The predicted octanol–water partition coefficient (Wildman–Crippen LogP) is 1.65. The van der Waals surface area contributed by atoms with E-state index in [-0.39, 0.29) is 6.10 Å². The predicted molar refractivity (Wildman–Crippen MR) is 64.2 cm³/mol. The topological polar surface area (TPSA) is 58.0 Å². The first kappa shape index (κ1) is 11.6. The largest absolute Gasteiger partial charge is 0.393 e. The first-order chi connectivity index (χ1) is 6.72. The SMILES string of the molecule is CCC(O)CCNc1ncc(I)cn1. The smallest absolute Gasteiger partial charge is 0.222 e. The van der Waals surface area contributed by atoms with Crippen molar-refractivity contribution in [3.05, 3.63) is 16.0 Å². The van der Waals surface area contributed by atoms with Gasteiger partial charge in [-0.1, -0.05) is 6.92 Å². The maximum Gasteiger partial charge on any atom is 0.222 e. The number of aliphatic hydroxyl groups excluding tert-OH is 1. The van der Waals surface area contributed by atoms with Gasteiger partial charge in [0, 0.05) is 22.5 Å². The molecule has 0 aromatic carbocycles. The van der Waals surface area contributed by atoms with Gasteiger partial charge in [-0.3, -0.25) is 0 Å². The quantitative estimate of drug-likeness (QED) is 0.812. The van der Waals surface area contributed by atoms with Crippen molar-refractivity contribution in [2.24, 2.45) is 0 Å². The first-order valence-corrected chi connectivity index (χ1v) is 5.69. The lowest BCUT2D eigenvalue weighted by molar-refractivity contribution is 0.164. The minimum atomic E-state index is -0.230. The minimum absolute atomic E-state index is 0.230. The molecule has 0 spiro atoms. The Labute approximate surface area is 97.3 Å². The molecule has 4 nitrogen and oxygen atoms in total. The molecule has 0 aliphatic rings. The fraction of sp³-hybridized carbons (Fsp3) is 0.556. The summed E-state index contributed by atoms with van der Waals surface area (Å²) in [5.74, 6) is 0.619. The van der Waals surface area contributed by atoms with Crippen LogP contribution in [0.25, 0.3) is 0 Å². The van der Waals surface area contributed by atoms with Crippen LogP contribution in [0.5, 0.6) is 0 Å². The van der Waals surface area contributed by atoms with E-state index in [1.165, 1.54) is 0 Å². The first-order valence-electron chi connectivity index (χ1n) is 4.62. The Kier molecular flexibility index (Phi) is 5.10. The summed E-state index contributed by atoms with van der Waals surface area (Å²) in [6.45, 7) is 2.67. The van der Waals surface area contributed by atoms with Crippen LogP contribution in [0.1, 0.15) is 19.8 Å². The van der Waals surface area contributed by atoms with Crippen LogP contribution in [-0.2, 0) is 0 Å². The fourth-order valence-electron chi connectivity index (χ4n) is 0.958. The van der Waals surface area contributed by atoms with Gasteiger partial charge in [0.15, 0.2) is 0 Å². The molecule has 0 aliphatic carbocycles. The molecule has 0 radical (unpaired) electrons. The average molecular weight is 307 g/mol. The van der Waals surface area contributed by atoms with Crippen LogP contribution in [0.4, 0.5) is 5.95 Å². The molecule has 1 atom stereocenters. The summed E-state index contributed by atoms with van der Waals surface area (Å²) in [5.41, 5.74) is 0. The van der Waals surface area contributed by atoms with Crippen LogP contribution in [0, 0.1) is 3.57 Å². The van der Waals surface area contributed by atoms with Gasteiger partial charge in [-0.25, -0.2) is 9.97 Å². The lowest BCUT2D eigenvalue weighted by Crippen LogP contribution is -2.13. The zero-order chi connectivity index (χ0) is 10.4. The van der Waals surface area contributed by atoms with Gasteiger partial charge in [-0.15, -0.1) is 0 Å². The van der Waals surface area contributed by atoms with Crippen LogP contribution in [0.15, 0.2) is 12.4 Å². The third-order valence-corrected chi connectivity index (χ3v) is 2.41. The van der Waals surface area contributed by atoms with Crippen molar-refractivity contribution < 1.29 is 5.11 Å². The highest BCUT2D eigenvalue weighted by atomic mass is 127. The number of rotatable bonds is 5. The molecule has 14 heavy (non-hydrogen) atoms. The summed E-state index contributed by atoms with van der Waals surface area (Å²) in [5, 5.41) is 12.3. The molecular weight excluding hydrogens is 293 g/mol. The zero-order valence-electron chi connectivity index (χ0n) is 8.07. The van der Waals surface area contributed by atoms with E-state index in [1.807, 2.05) is 6.92 Å². The molecule has 0 aliphatic heterocycles. The maximum atomic E-state index is 9.30. The van der Waals surface area contributed by atoms with Gasteiger partial charge in [0.2, 0.25) is 5.95 Å². The Morgan fingerprint density at radius 2 is 2.14 bits per heavy atom. The Morgan fingerprint density at radius 1 is 1.50 bits per heavy atom. The highest BCUT2D eigenvalue weighted by molar-refractivity contribution is 14.1. The molecule has 1 aromatic heterocycles. The maximum absolute atomic E-state index is 9.30. The van der Waals surface area contributed by atoms with E-state index in [0.29, 0.717) is 12.5 Å². The van der Waals surface area contributed by atoms with Crippen molar-refractivity contribution >= 4 is 28.5 Å². The second-order valence-electron chi connectivity index (χ2n) is 3.00. The van der Waals surface area contributed by atoms with Gasteiger partial charge in [0.1, 0.15) is 0 Å².